The van der Waals surface area contributed by atoms with Gasteiger partial charge in [-0.25, -0.2) is 4.68 Å². The molecule has 0 aliphatic carbocycles. The van der Waals surface area contributed by atoms with Crippen LogP contribution >= 0.6 is 7.37 Å². The SMILES string of the molecule is CO[P@](C)(=O)c1c(C)nn(-c2ccccc2)c1C. The first-order valence-corrected chi connectivity index (χ1v) is 7.80. The topological polar surface area (TPSA) is 44.1 Å². The van der Waals surface area contributed by atoms with Gasteiger partial charge in [-0.2, -0.15) is 5.10 Å². The zero-order valence-electron chi connectivity index (χ0n) is 11.0. The van der Waals surface area contributed by atoms with Crippen molar-refractivity contribution in [2.45, 2.75) is 13.8 Å². The number of aromatic nitrogens is 2. The third-order valence-electron chi connectivity index (χ3n) is 3.01. The van der Waals surface area contributed by atoms with Crippen LogP contribution in [0.15, 0.2) is 30.3 Å². The van der Waals surface area contributed by atoms with Crippen LogP contribution in [0.5, 0.6) is 0 Å². The highest BCUT2D eigenvalue weighted by atomic mass is 31.2. The number of aryl methyl sites for hydroxylation is 1. The Morgan fingerprint density at radius 2 is 1.83 bits per heavy atom. The number of hydrogen-bond donors (Lipinski definition) is 0. The Kier molecular flexibility index (Phi) is 3.42. The summed E-state index contributed by atoms with van der Waals surface area (Å²) in [5.41, 5.74) is 2.58. The van der Waals surface area contributed by atoms with Gasteiger partial charge in [0.15, 0.2) is 0 Å². The molecule has 0 saturated carbocycles. The third kappa shape index (κ3) is 2.14. The second-order valence-electron chi connectivity index (χ2n) is 4.30. The van der Waals surface area contributed by atoms with E-state index in [0.29, 0.717) is 5.30 Å². The van der Waals surface area contributed by atoms with Crippen molar-refractivity contribution in [2.75, 3.05) is 13.8 Å². The molecule has 2 aromatic rings. The van der Waals surface area contributed by atoms with E-state index in [0.717, 1.165) is 17.1 Å². The van der Waals surface area contributed by atoms with E-state index in [1.165, 1.54) is 7.11 Å². The number of nitrogens with zero attached hydrogens (tertiary/aromatic N) is 2. The van der Waals surface area contributed by atoms with E-state index in [1.54, 1.807) is 11.3 Å². The van der Waals surface area contributed by atoms with Crippen LogP contribution in [0.25, 0.3) is 5.69 Å². The molecule has 1 atom stereocenters. The van der Waals surface area contributed by atoms with Crippen molar-refractivity contribution in [3.63, 3.8) is 0 Å². The molecule has 0 aliphatic heterocycles. The average molecular weight is 264 g/mol. The predicted molar refractivity (Wildman–Crippen MR) is 73.2 cm³/mol. The lowest BCUT2D eigenvalue weighted by Gasteiger charge is -2.11. The Morgan fingerprint density at radius 3 is 2.39 bits per heavy atom. The molecular weight excluding hydrogens is 247 g/mol. The molecule has 1 aromatic carbocycles. The number of hydrogen-bond acceptors (Lipinski definition) is 3. The van der Waals surface area contributed by atoms with E-state index in [-0.39, 0.29) is 0 Å². The molecule has 4 nitrogen and oxygen atoms in total. The van der Waals surface area contributed by atoms with Gasteiger partial charge in [0, 0.05) is 13.8 Å². The summed E-state index contributed by atoms with van der Waals surface area (Å²) in [7, 11) is -1.31. The summed E-state index contributed by atoms with van der Waals surface area (Å²) in [5.74, 6) is 0. The van der Waals surface area contributed by atoms with E-state index < -0.39 is 7.37 Å². The fourth-order valence-electron chi connectivity index (χ4n) is 2.13. The van der Waals surface area contributed by atoms with Crippen LogP contribution in [0.4, 0.5) is 0 Å². The standard InChI is InChI=1S/C13H17N2O2P/c1-10-13(18(4,16)17-3)11(2)15(14-10)12-8-6-5-7-9-12/h5-9H,1-4H3/t18-/m0/s1. The van der Waals surface area contributed by atoms with Crippen LogP contribution in [0.2, 0.25) is 0 Å². The van der Waals surface area contributed by atoms with Crippen molar-refractivity contribution in [2.24, 2.45) is 0 Å². The Morgan fingerprint density at radius 1 is 1.22 bits per heavy atom. The van der Waals surface area contributed by atoms with E-state index in [9.17, 15) is 4.57 Å². The van der Waals surface area contributed by atoms with Crippen molar-refractivity contribution in [1.82, 2.24) is 9.78 Å². The summed E-state index contributed by atoms with van der Waals surface area (Å²) in [6.45, 7) is 5.40. The molecule has 0 unspecified atom stereocenters. The van der Waals surface area contributed by atoms with Crippen LogP contribution < -0.4 is 5.30 Å². The van der Waals surface area contributed by atoms with Crippen LogP contribution in [0.3, 0.4) is 0 Å². The summed E-state index contributed by atoms with van der Waals surface area (Å²) in [6, 6.07) is 9.80. The molecule has 2 rings (SSSR count). The van der Waals surface area contributed by atoms with Gasteiger partial charge < -0.3 is 4.52 Å². The fourth-order valence-corrected chi connectivity index (χ4v) is 3.63. The zero-order chi connectivity index (χ0) is 13.3. The summed E-state index contributed by atoms with van der Waals surface area (Å²) in [6.07, 6.45) is 0. The average Bonchev–Trinajstić information content (AvgIpc) is 2.66. The van der Waals surface area contributed by atoms with Crippen molar-refractivity contribution in [3.05, 3.63) is 41.7 Å². The predicted octanol–water partition coefficient (Wildman–Crippen LogP) is 2.67. The largest absolute Gasteiger partial charge is 0.329 e. The van der Waals surface area contributed by atoms with Crippen LogP contribution in [0.1, 0.15) is 11.4 Å². The molecule has 0 saturated heterocycles. The third-order valence-corrected chi connectivity index (χ3v) is 5.16. The lowest BCUT2D eigenvalue weighted by molar-refractivity contribution is 0.408. The molecule has 0 fully saturated rings. The van der Waals surface area contributed by atoms with Gasteiger partial charge in [-0.05, 0) is 26.0 Å². The summed E-state index contributed by atoms with van der Waals surface area (Å²) in [4.78, 5) is 0. The molecule has 0 amide bonds. The van der Waals surface area contributed by atoms with Gasteiger partial charge in [-0.1, -0.05) is 18.2 Å². The maximum absolute atomic E-state index is 12.4. The minimum absolute atomic E-state index is 0.717. The van der Waals surface area contributed by atoms with Crippen LogP contribution in [-0.2, 0) is 9.09 Å². The van der Waals surface area contributed by atoms with E-state index in [1.807, 2.05) is 44.2 Å². The van der Waals surface area contributed by atoms with Crippen molar-refractivity contribution >= 4 is 12.7 Å². The Hall–Kier alpha value is -1.38. The number of para-hydroxylation sites is 1. The van der Waals surface area contributed by atoms with Gasteiger partial charge in [0.05, 0.1) is 22.4 Å². The minimum atomic E-state index is -2.78. The maximum atomic E-state index is 12.4. The van der Waals surface area contributed by atoms with Crippen molar-refractivity contribution < 1.29 is 9.09 Å². The summed E-state index contributed by atoms with van der Waals surface area (Å²) >= 11 is 0. The first-order chi connectivity index (χ1) is 8.47. The highest BCUT2D eigenvalue weighted by molar-refractivity contribution is 7.66. The van der Waals surface area contributed by atoms with Gasteiger partial charge in [0.2, 0.25) is 7.37 Å². The molecule has 0 bridgehead atoms. The van der Waals surface area contributed by atoms with Crippen molar-refractivity contribution in [1.29, 1.82) is 0 Å². The Labute approximate surface area is 107 Å². The lowest BCUT2D eigenvalue weighted by atomic mass is 10.3. The molecular formula is C13H17N2O2P. The quantitative estimate of drug-likeness (QED) is 0.800. The molecule has 1 aromatic heterocycles. The van der Waals surface area contributed by atoms with Crippen LogP contribution in [0, 0.1) is 13.8 Å². The molecule has 0 radical (unpaired) electrons. The number of rotatable bonds is 3. The first-order valence-electron chi connectivity index (χ1n) is 5.73. The summed E-state index contributed by atoms with van der Waals surface area (Å²) < 4.78 is 19.3. The molecule has 0 aliphatic rings. The molecule has 1 heterocycles. The molecule has 5 heteroatoms. The lowest BCUT2D eigenvalue weighted by Crippen LogP contribution is -2.11. The Balaban J connectivity index is 2.62. The molecule has 96 valence electrons. The first kappa shape index (κ1) is 13.1. The van der Waals surface area contributed by atoms with Crippen molar-refractivity contribution in [3.8, 4) is 5.69 Å². The zero-order valence-corrected chi connectivity index (χ0v) is 11.9. The summed E-state index contributed by atoms with van der Waals surface area (Å²) in [5, 5.41) is 5.18. The molecule has 0 spiro atoms. The van der Waals surface area contributed by atoms with E-state index >= 15 is 0 Å². The smallest absolute Gasteiger partial charge is 0.232 e. The molecule has 18 heavy (non-hydrogen) atoms. The van der Waals surface area contributed by atoms with Gasteiger partial charge in [-0.3, -0.25) is 4.57 Å². The van der Waals surface area contributed by atoms with E-state index in [4.69, 9.17) is 4.52 Å². The second kappa shape index (κ2) is 4.71. The molecule has 0 N–H and O–H groups in total. The highest BCUT2D eigenvalue weighted by Crippen LogP contribution is 2.42. The van der Waals surface area contributed by atoms with Crippen LogP contribution in [-0.4, -0.2) is 23.6 Å². The number of benzene rings is 1. The second-order valence-corrected chi connectivity index (χ2v) is 6.80. The minimum Gasteiger partial charge on any atom is -0.329 e. The van der Waals surface area contributed by atoms with E-state index in [2.05, 4.69) is 5.10 Å². The van der Waals surface area contributed by atoms with Gasteiger partial charge >= 0.3 is 0 Å². The highest BCUT2D eigenvalue weighted by Gasteiger charge is 2.27. The van der Waals surface area contributed by atoms with Gasteiger partial charge in [0.25, 0.3) is 0 Å². The Bertz CT molecular complexity index is 605. The maximum Gasteiger partial charge on any atom is 0.232 e. The van der Waals surface area contributed by atoms with Gasteiger partial charge in [0.1, 0.15) is 0 Å². The fraction of sp³-hybridized carbons (Fsp3) is 0.308. The normalized spacial score (nSPS) is 14.4. The monoisotopic (exact) mass is 264 g/mol. The van der Waals surface area contributed by atoms with Gasteiger partial charge in [-0.15, -0.1) is 0 Å².